The Hall–Kier alpha value is -0.230. The molecule has 1 atom stereocenters. The van der Waals surface area contributed by atoms with Crippen molar-refractivity contribution < 1.29 is 4.39 Å². The van der Waals surface area contributed by atoms with E-state index < -0.39 is 0 Å². The molecule has 1 nitrogen and oxygen atoms in total. The minimum absolute atomic E-state index is 0.151. The number of aryl methyl sites for hydroxylation is 1. The molecule has 0 radical (unpaired) electrons. The van der Waals surface area contributed by atoms with Crippen LogP contribution in [0.1, 0.15) is 22.7 Å². The summed E-state index contributed by atoms with van der Waals surface area (Å²) in [5.41, 5.74) is 2.76. The zero-order valence-electron chi connectivity index (χ0n) is 9.93. The highest BCUT2D eigenvalue weighted by Gasteiger charge is 2.20. The fraction of sp³-hybridized carbons (Fsp3) is 0.231. The Morgan fingerprint density at radius 1 is 1.22 bits per heavy atom. The lowest BCUT2D eigenvalue weighted by Gasteiger charge is -2.17. The van der Waals surface area contributed by atoms with Gasteiger partial charge in [-0.3, -0.25) is 0 Å². The van der Waals surface area contributed by atoms with E-state index in [1.165, 1.54) is 6.07 Å². The number of rotatable bonds is 3. The van der Waals surface area contributed by atoms with Gasteiger partial charge in [-0.15, -0.1) is 11.3 Å². The summed E-state index contributed by atoms with van der Waals surface area (Å²) in [6, 6.07) is 7.04. The lowest BCUT2D eigenvalue weighted by molar-refractivity contribution is 0.575. The van der Waals surface area contributed by atoms with E-state index in [4.69, 9.17) is 0 Å². The van der Waals surface area contributed by atoms with Crippen LogP contribution < -0.4 is 5.32 Å². The van der Waals surface area contributed by atoms with Crippen LogP contribution in [-0.2, 0) is 0 Å². The normalized spacial score (nSPS) is 12.7. The smallest absolute Gasteiger partial charge is 0.128 e. The number of hydrogen-bond donors (Lipinski definition) is 1. The highest BCUT2D eigenvalue weighted by Crippen LogP contribution is 2.38. The number of nitrogens with one attached hydrogen (secondary N) is 1. The van der Waals surface area contributed by atoms with Gasteiger partial charge < -0.3 is 5.32 Å². The van der Waals surface area contributed by atoms with Gasteiger partial charge in [0, 0.05) is 5.56 Å². The van der Waals surface area contributed by atoms with Crippen molar-refractivity contribution in [3.8, 4) is 0 Å². The number of halogens is 3. The van der Waals surface area contributed by atoms with Crippen LogP contribution in [0.4, 0.5) is 4.39 Å². The van der Waals surface area contributed by atoms with Gasteiger partial charge in [0.1, 0.15) is 5.82 Å². The highest BCUT2D eigenvalue weighted by molar-refractivity contribution is 9.12. The van der Waals surface area contributed by atoms with Gasteiger partial charge in [0.25, 0.3) is 0 Å². The minimum atomic E-state index is -0.186. The summed E-state index contributed by atoms with van der Waals surface area (Å²) in [5, 5.41) is 3.17. The molecule has 0 aliphatic rings. The van der Waals surface area contributed by atoms with E-state index in [2.05, 4.69) is 37.2 Å². The van der Waals surface area contributed by atoms with Gasteiger partial charge in [0.05, 0.1) is 13.6 Å². The molecule has 0 aliphatic heterocycles. The molecule has 0 aliphatic carbocycles. The Kier molecular flexibility index (Phi) is 4.59. The van der Waals surface area contributed by atoms with E-state index in [0.717, 1.165) is 18.7 Å². The number of hydrogen-bond acceptors (Lipinski definition) is 2. The molecule has 1 unspecified atom stereocenters. The van der Waals surface area contributed by atoms with Crippen LogP contribution in [0.25, 0.3) is 0 Å². The molecule has 0 saturated heterocycles. The maximum atomic E-state index is 14.0. The van der Waals surface area contributed by atoms with Gasteiger partial charge >= 0.3 is 0 Å². The van der Waals surface area contributed by atoms with E-state index >= 15 is 0 Å². The van der Waals surface area contributed by atoms with E-state index in [9.17, 15) is 4.39 Å². The molecule has 0 spiro atoms. The van der Waals surface area contributed by atoms with Crippen molar-refractivity contribution in [2.24, 2.45) is 0 Å². The quantitative estimate of drug-likeness (QED) is 0.772. The summed E-state index contributed by atoms with van der Waals surface area (Å²) >= 11 is 8.57. The standard InChI is InChI=1S/C13H12Br2FNS/c1-7-3-4-10(16)8(5-7)12(17-2)9-6-11(14)18-13(9)15/h3-6,12,17H,1-2H3. The first-order valence-electron chi connectivity index (χ1n) is 5.41. The molecule has 96 valence electrons. The molecule has 0 amide bonds. The van der Waals surface area contributed by atoms with Crippen LogP contribution in [0.15, 0.2) is 31.8 Å². The van der Waals surface area contributed by atoms with Crippen LogP contribution in [0.3, 0.4) is 0 Å². The van der Waals surface area contributed by atoms with Gasteiger partial charge in [-0.05, 0) is 63.5 Å². The van der Waals surface area contributed by atoms with Crippen LogP contribution in [0, 0.1) is 12.7 Å². The predicted octanol–water partition coefficient (Wildman–Crippen LogP) is 5.03. The highest BCUT2D eigenvalue weighted by atomic mass is 79.9. The summed E-state index contributed by atoms with van der Waals surface area (Å²) in [4.78, 5) is 0. The molecule has 0 saturated carbocycles. The fourth-order valence-electron chi connectivity index (χ4n) is 1.91. The lowest BCUT2D eigenvalue weighted by atomic mass is 9.99. The summed E-state index contributed by atoms with van der Waals surface area (Å²) < 4.78 is 16.0. The molecule has 1 aromatic carbocycles. The Bertz CT molecular complexity index is 568. The zero-order valence-corrected chi connectivity index (χ0v) is 13.9. The summed E-state index contributed by atoms with van der Waals surface area (Å²) in [7, 11) is 1.84. The number of thiophene rings is 1. The molecule has 1 aromatic heterocycles. The molecule has 2 aromatic rings. The average Bonchev–Trinajstić information content (AvgIpc) is 2.64. The largest absolute Gasteiger partial charge is 0.309 e. The van der Waals surface area contributed by atoms with Crippen LogP contribution >= 0.6 is 43.2 Å². The van der Waals surface area contributed by atoms with Gasteiger partial charge in [-0.1, -0.05) is 17.7 Å². The molecule has 18 heavy (non-hydrogen) atoms. The van der Waals surface area contributed by atoms with E-state index in [-0.39, 0.29) is 11.9 Å². The Balaban J connectivity index is 2.51. The Morgan fingerprint density at radius 3 is 2.50 bits per heavy atom. The second-order valence-electron chi connectivity index (χ2n) is 4.03. The van der Waals surface area contributed by atoms with Crippen molar-refractivity contribution in [2.75, 3.05) is 7.05 Å². The summed E-state index contributed by atoms with van der Waals surface area (Å²) in [6.07, 6.45) is 0. The molecule has 0 bridgehead atoms. The maximum absolute atomic E-state index is 14.0. The summed E-state index contributed by atoms with van der Waals surface area (Å²) in [6.45, 7) is 1.97. The second kappa shape index (κ2) is 5.82. The lowest BCUT2D eigenvalue weighted by Crippen LogP contribution is -2.18. The van der Waals surface area contributed by atoms with Crippen LogP contribution in [0.5, 0.6) is 0 Å². The Labute approximate surface area is 127 Å². The molecular formula is C13H12Br2FNS. The van der Waals surface area contributed by atoms with Crippen molar-refractivity contribution in [2.45, 2.75) is 13.0 Å². The van der Waals surface area contributed by atoms with E-state index in [0.29, 0.717) is 5.56 Å². The molecule has 1 heterocycles. The molecule has 2 rings (SSSR count). The second-order valence-corrected chi connectivity index (χ2v) is 7.78. The third-order valence-corrected chi connectivity index (χ3v) is 5.13. The predicted molar refractivity (Wildman–Crippen MR) is 81.8 cm³/mol. The van der Waals surface area contributed by atoms with E-state index in [1.807, 2.05) is 26.1 Å². The van der Waals surface area contributed by atoms with Crippen molar-refractivity contribution in [1.82, 2.24) is 5.32 Å². The third kappa shape index (κ3) is 2.85. The average molecular weight is 393 g/mol. The number of benzene rings is 1. The summed E-state index contributed by atoms with van der Waals surface area (Å²) in [5.74, 6) is -0.186. The molecular weight excluding hydrogens is 381 g/mol. The van der Waals surface area contributed by atoms with Crippen molar-refractivity contribution in [3.05, 3.63) is 54.3 Å². The van der Waals surface area contributed by atoms with E-state index in [1.54, 1.807) is 17.4 Å². The van der Waals surface area contributed by atoms with Crippen LogP contribution in [0.2, 0.25) is 0 Å². The maximum Gasteiger partial charge on any atom is 0.128 e. The first-order chi connectivity index (χ1) is 8.52. The first kappa shape index (κ1) is 14.2. The third-order valence-electron chi connectivity index (χ3n) is 2.75. The van der Waals surface area contributed by atoms with Crippen LogP contribution in [-0.4, -0.2) is 7.05 Å². The van der Waals surface area contributed by atoms with Gasteiger partial charge in [-0.25, -0.2) is 4.39 Å². The van der Waals surface area contributed by atoms with Crippen molar-refractivity contribution >= 4 is 43.2 Å². The fourth-order valence-corrected chi connectivity index (χ4v) is 4.81. The van der Waals surface area contributed by atoms with Crippen molar-refractivity contribution in [1.29, 1.82) is 0 Å². The Morgan fingerprint density at radius 2 is 1.94 bits per heavy atom. The first-order valence-corrected chi connectivity index (χ1v) is 7.81. The minimum Gasteiger partial charge on any atom is -0.309 e. The topological polar surface area (TPSA) is 12.0 Å². The zero-order chi connectivity index (χ0) is 13.3. The molecule has 5 heteroatoms. The monoisotopic (exact) mass is 391 g/mol. The van der Waals surface area contributed by atoms with Crippen molar-refractivity contribution in [3.63, 3.8) is 0 Å². The van der Waals surface area contributed by atoms with Gasteiger partial charge in [-0.2, -0.15) is 0 Å². The molecule has 0 fully saturated rings. The molecule has 1 N–H and O–H groups in total. The van der Waals surface area contributed by atoms with Gasteiger partial charge in [0.15, 0.2) is 0 Å². The SMILES string of the molecule is CNC(c1cc(C)ccc1F)c1cc(Br)sc1Br. The van der Waals surface area contributed by atoms with Gasteiger partial charge in [0.2, 0.25) is 0 Å².